The SMILES string of the molecule is O=C(Nc1ccccn1)Nc1ccccc1-c1ccc(Cl)c(Cl)c1. The van der Waals surface area contributed by atoms with Crippen molar-refractivity contribution in [3.63, 3.8) is 0 Å². The molecule has 0 aliphatic carbocycles. The van der Waals surface area contributed by atoms with E-state index in [-0.39, 0.29) is 6.03 Å². The third-order valence-electron chi connectivity index (χ3n) is 3.31. The Labute approximate surface area is 149 Å². The Balaban J connectivity index is 1.84. The molecule has 4 nitrogen and oxygen atoms in total. The van der Waals surface area contributed by atoms with Crippen molar-refractivity contribution in [3.05, 3.63) is 76.9 Å². The zero-order valence-electron chi connectivity index (χ0n) is 12.5. The molecule has 2 amide bonds. The van der Waals surface area contributed by atoms with Crippen LogP contribution in [0.4, 0.5) is 16.3 Å². The zero-order chi connectivity index (χ0) is 16.9. The number of hydrogen-bond acceptors (Lipinski definition) is 2. The average Bonchev–Trinajstić information content (AvgIpc) is 2.59. The summed E-state index contributed by atoms with van der Waals surface area (Å²) < 4.78 is 0. The van der Waals surface area contributed by atoms with Gasteiger partial charge in [-0.1, -0.05) is 53.5 Å². The Kier molecular flexibility index (Phi) is 4.99. The second-order valence-electron chi connectivity index (χ2n) is 4.97. The van der Waals surface area contributed by atoms with Crippen molar-refractivity contribution in [2.24, 2.45) is 0 Å². The Hall–Kier alpha value is -2.56. The highest BCUT2D eigenvalue weighted by molar-refractivity contribution is 6.42. The van der Waals surface area contributed by atoms with Gasteiger partial charge < -0.3 is 5.32 Å². The van der Waals surface area contributed by atoms with Gasteiger partial charge in [0.05, 0.1) is 15.7 Å². The lowest BCUT2D eigenvalue weighted by Crippen LogP contribution is -2.20. The fraction of sp³-hybridized carbons (Fsp3) is 0. The molecule has 0 saturated heterocycles. The normalized spacial score (nSPS) is 10.2. The first kappa shape index (κ1) is 16.3. The number of amides is 2. The molecule has 6 heteroatoms. The number of urea groups is 1. The first-order valence-corrected chi connectivity index (χ1v) is 7.92. The van der Waals surface area contributed by atoms with Crippen LogP contribution in [0, 0.1) is 0 Å². The molecule has 1 heterocycles. The van der Waals surface area contributed by atoms with Crippen LogP contribution in [0.1, 0.15) is 0 Å². The van der Waals surface area contributed by atoms with E-state index in [0.717, 1.165) is 11.1 Å². The molecule has 24 heavy (non-hydrogen) atoms. The zero-order valence-corrected chi connectivity index (χ0v) is 14.0. The first-order valence-electron chi connectivity index (χ1n) is 7.17. The Morgan fingerprint density at radius 3 is 2.42 bits per heavy atom. The second-order valence-corrected chi connectivity index (χ2v) is 5.78. The van der Waals surface area contributed by atoms with E-state index in [2.05, 4.69) is 15.6 Å². The predicted molar refractivity (Wildman–Crippen MR) is 98.8 cm³/mol. The van der Waals surface area contributed by atoms with Crippen molar-refractivity contribution >= 4 is 40.7 Å². The number of halogens is 2. The Bertz CT molecular complexity index is 869. The number of benzene rings is 2. The summed E-state index contributed by atoms with van der Waals surface area (Å²) in [5.41, 5.74) is 2.36. The molecule has 0 saturated carbocycles. The Morgan fingerprint density at radius 1 is 0.875 bits per heavy atom. The number of nitrogens with zero attached hydrogens (tertiary/aromatic N) is 1. The molecule has 0 atom stereocenters. The lowest BCUT2D eigenvalue weighted by Gasteiger charge is -2.12. The molecule has 0 spiro atoms. The largest absolute Gasteiger partial charge is 0.324 e. The average molecular weight is 358 g/mol. The summed E-state index contributed by atoms with van der Waals surface area (Å²) in [4.78, 5) is 16.2. The molecule has 2 aromatic carbocycles. The highest BCUT2D eigenvalue weighted by Crippen LogP contribution is 2.32. The van der Waals surface area contributed by atoms with E-state index in [4.69, 9.17) is 23.2 Å². The van der Waals surface area contributed by atoms with E-state index >= 15 is 0 Å². The van der Waals surface area contributed by atoms with Gasteiger partial charge >= 0.3 is 6.03 Å². The van der Waals surface area contributed by atoms with Gasteiger partial charge in [-0.2, -0.15) is 0 Å². The summed E-state index contributed by atoms with van der Waals surface area (Å²) >= 11 is 12.1. The summed E-state index contributed by atoms with van der Waals surface area (Å²) in [5, 5.41) is 6.45. The number of carbonyl (C=O) groups is 1. The first-order chi connectivity index (χ1) is 11.6. The molecule has 3 aromatic rings. The number of pyridine rings is 1. The van der Waals surface area contributed by atoms with Gasteiger partial charge in [0.25, 0.3) is 0 Å². The van der Waals surface area contributed by atoms with Crippen LogP contribution in [0.2, 0.25) is 10.0 Å². The molecule has 0 aliphatic heterocycles. The number of anilines is 2. The van der Waals surface area contributed by atoms with Gasteiger partial charge in [-0.25, -0.2) is 9.78 Å². The van der Waals surface area contributed by atoms with Gasteiger partial charge in [-0.3, -0.25) is 5.32 Å². The highest BCUT2D eigenvalue weighted by Gasteiger charge is 2.10. The van der Waals surface area contributed by atoms with E-state index in [1.54, 1.807) is 36.5 Å². The molecule has 0 bridgehead atoms. The molecule has 0 aliphatic rings. The van der Waals surface area contributed by atoms with Gasteiger partial charge in [0.15, 0.2) is 0 Å². The summed E-state index contributed by atoms with van der Waals surface area (Å²) in [6, 6.07) is 17.7. The second kappa shape index (κ2) is 7.34. The maximum absolute atomic E-state index is 12.2. The lowest BCUT2D eigenvalue weighted by atomic mass is 10.0. The van der Waals surface area contributed by atoms with E-state index in [1.807, 2.05) is 30.3 Å². The van der Waals surface area contributed by atoms with Crippen LogP contribution >= 0.6 is 23.2 Å². The van der Waals surface area contributed by atoms with Crippen LogP contribution in [-0.2, 0) is 0 Å². The molecule has 1 aromatic heterocycles. The van der Waals surface area contributed by atoms with Gasteiger partial charge in [0.1, 0.15) is 5.82 Å². The summed E-state index contributed by atoms with van der Waals surface area (Å²) in [5.74, 6) is 0.474. The van der Waals surface area contributed by atoms with Crippen LogP contribution in [0.15, 0.2) is 66.9 Å². The highest BCUT2D eigenvalue weighted by atomic mass is 35.5. The number of aromatic nitrogens is 1. The number of para-hydroxylation sites is 1. The van der Waals surface area contributed by atoms with Crippen molar-refractivity contribution in [2.75, 3.05) is 10.6 Å². The van der Waals surface area contributed by atoms with Crippen LogP contribution in [0.5, 0.6) is 0 Å². The molecular formula is C18H13Cl2N3O. The van der Waals surface area contributed by atoms with Crippen LogP contribution < -0.4 is 10.6 Å². The maximum atomic E-state index is 12.2. The van der Waals surface area contributed by atoms with Crippen molar-refractivity contribution in [3.8, 4) is 11.1 Å². The topological polar surface area (TPSA) is 54.0 Å². The molecule has 120 valence electrons. The van der Waals surface area contributed by atoms with Crippen LogP contribution in [-0.4, -0.2) is 11.0 Å². The van der Waals surface area contributed by atoms with Crippen molar-refractivity contribution in [1.29, 1.82) is 0 Å². The minimum absolute atomic E-state index is 0.374. The lowest BCUT2D eigenvalue weighted by molar-refractivity contribution is 0.262. The predicted octanol–water partition coefficient (Wildman–Crippen LogP) is 5.70. The summed E-state index contributed by atoms with van der Waals surface area (Å²) in [7, 11) is 0. The monoisotopic (exact) mass is 357 g/mol. The molecule has 0 radical (unpaired) electrons. The summed E-state index contributed by atoms with van der Waals surface area (Å²) in [6.45, 7) is 0. The van der Waals surface area contributed by atoms with Gasteiger partial charge in [-0.15, -0.1) is 0 Å². The molecule has 0 unspecified atom stereocenters. The van der Waals surface area contributed by atoms with Crippen molar-refractivity contribution in [1.82, 2.24) is 4.98 Å². The van der Waals surface area contributed by atoms with E-state index in [0.29, 0.717) is 21.6 Å². The smallest absolute Gasteiger partial charge is 0.307 e. The number of hydrogen-bond donors (Lipinski definition) is 2. The van der Waals surface area contributed by atoms with E-state index in [9.17, 15) is 4.79 Å². The number of nitrogens with one attached hydrogen (secondary N) is 2. The molecule has 3 rings (SSSR count). The van der Waals surface area contributed by atoms with Crippen LogP contribution in [0.3, 0.4) is 0 Å². The van der Waals surface area contributed by atoms with Crippen LogP contribution in [0.25, 0.3) is 11.1 Å². The van der Waals surface area contributed by atoms with Crippen molar-refractivity contribution < 1.29 is 4.79 Å². The molecule has 0 fully saturated rings. The number of carbonyl (C=O) groups excluding carboxylic acids is 1. The van der Waals surface area contributed by atoms with Crippen molar-refractivity contribution in [2.45, 2.75) is 0 Å². The minimum atomic E-state index is -0.374. The third-order valence-corrected chi connectivity index (χ3v) is 4.05. The molecule has 2 N–H and O–H groups in total. The van der Waals surface area contributed by atoms with Gasteiger partial charge in [-0.05, 0) is 35.9 Å². The fourth-order valence-electron chi connectivity index (χ4n) is 2.21. The molecular weight excluding hydrogens is 345 g/mol. The van der Waals surface area contributed by atoms with Gasteiger partial charge in [0, 0.05) is 11.8 Å². The minimum Gasteiger partial charge on any atom is -0.307 e. The van der Waals surface area contributed by atoms with E-state index in [1.165, 1.54) is 0 Å². The fourth-order valence-corrected chi connectivity index (χ4v) is 2.51. The third kappa shape index (κ3) is 3.85. The maximum Gasteiger partial charge on any atom is 0.324 e. The quantitative estimate of drug-likeness (QED) is 0.631. The Morgan fingerprint density at radius 2 is 1.67 bits per heavy atom. The standard InChI is InChI=1S/C18H13Cl2N3O/c19-14-9-8-12(11-15(14)20)13-5-1-2-6-16(13)22-18(24)23-17-7-3-4-10-21-17/h1-11H,(H2,21,22,23,24). The summed E-state index contributed by atoms with van der Waals surface area (Å²) in [6.07, 6.45) is 1.61. The number of rotatable bonds is 3. The van der Waals surface area contributed by atoms with Gasteiger partial charge in [0.2, 0.25) is 0 Å². The van der Waals surface area contributed by atoms with E-state index < -0.39 is 0 Å².